The largest absolute Gasteiger partial charge is 0.329 e. The maximum Gasteiger partial charge on any atom is 0.0307 e. The van der Waals surface area contributed by atoms with Gasteiger partial charge in [0.15, 0.2) is 0 Å². The molecule has 1 unspecified atom stereocenters. The minimum absolute atomic E-state index is 0.352. The Bertz CT molecular complexity index is 194. The second-order valence-electron chi connectivity index (χ2n) is 5.73. The minimum Gasteiger partial charge on any atom is -0.329 e. The molecule has 0 aromatic heterocycles. The Kier molecular flexibility index (Phi) is 2.16. The second-order valence-corrected chi connectivity index (χ2v) is 5.73. The first kappa shape index (κ1) is 9.47. The van der Waals surface area contributed by atoms with Crippen molar-refractivity contribution < 1.29 is 0 Å². The van der Waals surface area contributed by atoms with Crippen molar-refractivity contribution in [1.29, 1.82) is 0 Å². The van der Waals surface area contributed by atoms with Gasteiger partial charge in [0.1, 0.15) is 0 Å². The highest BCUT2D eigenvalue weighted by atomic mass is 15.1. The van der Waals surface area contributed by atoms with E-state index in [1.54, 1.807) is 0 Å². The average Bonchev–Trinajstić information content (AvgIpc) is 2.74. The van der Waals surface area contributed by atoms with Crippen molar-refractivity contribution in [2.24, 2.45) is 11.1 Å². The van der Waals surface area contributed by atoms with Crippen LogP contribution in [0.25, 0.3) is 0 Å². The summed E-state index contributed by atoms with van der Waals surface area (Å²) in [5.74, 6) is 0. The lowest BCUT2D eigenvalue weighted by molar-refractivity contribution is 0.347. The molecule has 0 aromatic rings. The average molecular weight is 182 g/mol. The maximum absolute atomic E-state index is 5.75. The molecule has 0 radical (unpaired) electrons. The van der Waals surface area contributed by atoms with Gasteiger partial charge in [0, 0.05) is 18.1 Å². The third kappa shape index (κ3) is 2.05. The second kappa shape index (κ2) is 2.96. The van der Waals surface area contributed by atoms with E-state index in [1.807, 2.05) is 0 Å². The Morgan fingerprint density at radius 3 is 2.38 bits per heavy atom. The van der Waals surface area contributed by atoms with Gasteiger partial charge in [-0.05, 0) is 37.5 Å². The van der Waals surface area contributed by atoms with Crippen LogP contribution in [0.2, 0.25) is 0 Å². The van der Waals surface area contributed by atoms with Crippen molar-refractivity contribution >= 4 is 0 Å². The summed E-state index contributed by atoms with van der Waals surface area (Å²) in [7, 11) is 0. The van der Waals surface area contributed by atoms with E-state index in [0.717, 1.165) is 12.6 Å². The summed E-state index contributed by atoms with van der Waals surface area (Å²) in [6.07, 6.45) is 6.62. The highest BCUT2D eigenvalue weighted by molar-refractivity contribution is 5.05. The molecule has 13 heavy (non-hydrogen) atoms. The van der Waals surface area contributed by atoms with Crippen LogP contribution in [0, 0.1) is 5.41 Å². The number of nitrogens with one attached hydrogen (secondary N) is 1. The third-order valence-corrected chi connectivity index (χ3v) is 3.72. The molecule has 1 atom stereocenters. The van der Waals surface area contributed by atoms with Gasteiger partial charge in [0.25, 0.3) is 0 Å². The smallest absolute Gasteiger partial charge is 0.0307 e. The van der Waals surface area contributed by atoms with Crippen LogP contribution in [0.15, 0.2) is 0 Å². The van der Waals surface area contributed by atoms with E-state index < -0.39 is 0 Å². The standard InChI is InChI=1S/C11H22N2/c1-10(2)4-3-9(7-10)13-11(8-12)5-6-11/h9,13H,3-8,12H2,1-2H3. The lowest BCUT2D eigenvalue weighted by Gasteiger charge is -2.22. The van der Waals surface area contributed by atoms with Gasteiger partial charge in [-0.2, -0.15) is 0 Å². The molecule has 2 aliphatic carbocycles. The van der Waals surface area contributed by atoms with Gasteiger partial charge in [0.05, 0.1) is 0 Å². The monoisotopic (exact) mass is 182 g/mol. The summed E-state index contributed by atoms with van der Waals surface area (Å²) >= 11 is 0. The van der Waals surface area contributed by atoms with Crippen LogP contribution in [-0.2, 0) is 0 Å². The van der Waals surface area contributed by atoms with Gasteiger partial charge in [-0.15, -0.1) is 0 Å². The Labute approximate surface area is 81.3 Å². The summed E-state index contributed by atoms with van der Waals surface area (Å²) in [6, 6.07) is 0.737. The number of nitrogens with two attached hydrogens (primary N) is 1. The molecular formula is C11H22N2. The van der Waals surface area contributed by atoms with Crippen LogP contribution < -0.4 is 11.1 Å². The first-order valence-electron chi connectivity index (χ1n) is 5.53. The van der Waals surface area contributed by atoms with Crippen molar-refractivity contribution in [3.63, 3.8) is 0 Å². The topological polar surface area (TPSA) is 38.0 Å². The van der Waals surface area contributed by atoms with Crippen molar-refractivity contribution in [1.82, 2.24) is 5.32 Å². The molecule has 0 amide bonds. The fourth-order valence-corrected chi connectivity index (χ4v) is 2.55. The molecule has 0 spiro atoms. The van der Waals surface area contributed by atoms with Gasteiger partial charge < -0.3 is 11.1 Å². The van der Waals surface area contributed by atoms with Crippen LogP contribution in [0.1, 0.15) is 46.0 Å². The third-order valence-electron chi connectivity index (χ3n) is 3.72. The number of hydrogen-bond acceptors (Lipinski definition) is 2. The van der Waals surface area contributed by atoms with Gasteiger partial charge >= 0.3 is 0 Å². The van der Waals surface area contributed by atoms with Crippen LogP contribution in [0.4, 0.5) is 0 Å². The van der Waals surface area contributed by atoms with E-state index in [4.69, 9.17) is 5.73 Å². The van der Waals surface area contributed by atoms with E-state index in [1.165, 1.54) is 32.1 Å². The predicted octanol–water partition coefficient (Wildman–Crippen LogP) is 1.65. The van der Waals surface area contributed by atoms with Gasteiger partial charge in [0.2, 0.25) is 0 Å². The summed E-state index contributed by atoms with van der Waals surface area (Å²) in [4.78, 5) is 0. The fourth-order valence-electron chi connectivity index (χ4n) is 2.55. The molecule has 2 aliphatic rings. The van der Waals surface area contributed by atoms with E-state index in [0.29, 0.717) is 11.0 Å². The molecular weight excluding hydrogens is 160 g/mol. The Hall–Kier alpha value is -0.0800. The summed E-state index contributed by atoms with van der Waals surface area (Å²) in [5.41, 5.74) is 6.66. The zero-order valence-electron chi connectivity index (χ0n) is 8.90. The SMILES string of the molecule is CC1(C)CCC(NC2(CN)CC2)C1. The minimum atomic E-state index is 0.352. The van der Waals surface area contributed by atoms with Crippen LogP contribution in [0.3, 0.4) is 0 Å². The molecule has 76 valence electrons. The molecule has 0 bridgehead atoms. The molecule has 3 N–H and O–H groups in total. The van der Waals surface area contributed by atoms with Crippen LogP contribution in [0.5, 0.6) is 0 Å². The summed E-state index contributed by atoms with van der Waals surface area (Å²) < 4.78 is 0. The van der Waals surface area contributed by atoms with Gasteiger partial charge in [-0.1, -0.05) is 13.8 Å². The van der Waals surface area contributed by atoms with Crippen LogP contribution >= 0.6 is 0 Å². The van der Waals surface area contributed by atoms with Crippen molar-refractivity contribution in [3.05, 3.63) is 0 Å². The van der Waals surface area contributed by atoms with E-state index in [2.05, 4.69) is 19.2 Å². The first-order chi connectivity index (χ1) is 6.05. The zero-order valence-corrected chi connectivity index (χ0v) is 8.90. The van der Waals surface area contributed by atoms with E-state index in [-0.39, 0.29) is 0 Å². The predicted molar refractivity (Wildman–Crippen MR) is 55.6 cm³/mol. The number of hydrogen-bond donors (Lipinski definition) is 2. The lowest BCUT2D eigenvalue weighted by atomic mass is 9.92. The highest BCUT2D eigenvalue weighted by Crippen LogP contribution is 2.41. The molecule has 2 rings (SSSR count). The molecule has 2 nitrogen and oxygen atoms in total. The van der Waals surface area contributed by atoms with E-state index >= 15 is 0 Å². The molecule has 0 saturated heterocycles. The molecule has 0 aliphatic heterocycles. The maximum atomic E-state index is 5.75. The molecule has 2 saturated carbocycles. The van der Waals surface area contributed by atoms with Crippen molar-refractivity contribution in [2.45, 2.75) is 57.5 Å². The quantitative estimate of drug-likeness (QED) is 0.696. The summed E-state index contributed by atoms with van der Waals surface area (Å²) in [6.45, 7) is 5.57. The lowest BCUT2D eigenvalue weighted by Crippen LogP contribution is -2.44. The normalized spacial score (nSPS) is 34.8. The molecule has 0 aromatic carbocycles. The highest BCUT2D eigenvalue weighted by Gasteiger charge is 2.44. The van der Waals surface area contributed by atoms with Gasteiger partial charge in [-0.3, -0.25) is 0 Å². The van der Waals surface area contributed by atoms with E-state index in [9.17, 15) is 0 Å². The summed E-state index contributed by atoms with van der Waals surface area (Å²) in [5, 5.41) is 3.75. The van der Waals surface area contributed by atoms with Crippen molar-refractivity contribution in [2.75, 3.05) is 6.54 Å². The van der Waals surface area contributed by atoms with Crippen molar-refractivity contribution in [3.8, 4) is 0 Å². The molecule has 2 heteroatoms. The molecule has 2 fully saturated rings. The zero-order chi connectivity index (χ0) is 9.53. The molecule has 0 heterocycles. The first-order valence-corrected chi connectivity index (χ1v) is 5.53. The Morgan fingerprint density at radius 1 is 1.31 bits per heavy atom. The Morgan fingerprint density at radius 2 is 2.00 bits per heavy atom. The number of rotatable bonds is 3. The van der Waals surface area contributed by atoms with Gasteiger partial charge in [-0.25, -0.2) is 0 Å². The van der Waals surface area contributed by atoms with Crippen LogP contribution in [-0.4, -0.2) is 18.1 Å². The fraction of sp³-hybridized carbons (Fsp3) is 1.00. The Balaban J connectivity index is 1.84.